The highest BCUT2D eigenvalue weighted by atomic mass is 16.1. The van der Waals surface area contributed by atoms with Gasteiger partial charge < -0.3 is 11.5 Å². The van der Waals surface area contributed by atoms with Gasteiger partial charge in [0.15, 0.2) is 0 Å². The average molecular weight is 388 g/mol. The Morgan fingerprint density at radius 3 is 2.14 bits per heavy atom. The van der Waals surface area contributed by atoms with E-state index in [9.17, 15) is 4.79 Å². The van der Waals surface area contributed by atoms with Crippen LogP contribution in [0.4, 0.5) is 5.95 Å². The summed E-state index contributed by atoms with van der Waals surface area (Å²) < 4.78 is 0. The molecular weight excluding hydrogens is 354 g/mol. The number of Topliss-reactive ketones (excluding diaryl/α,β-unsaturated/α-hetero) is 1. The number of rotatable bonds is 14. The number of nitrogens with two attached hydrogens (primary N) is 2. The lowest BCUT2D eigenvalue weighted by atomic mass is 9.96. The van der Waals surface area contributed by atoms with Crippen LogP contribution in [0.5, 0.6) is 0 Å². The summed E-state index contributed by atoms with van der Waals surface area (Å²) in [6, 6.07) is 0. The van der Waals surface area contributed by atoms with Gasteiger partial charge in [0.1, 0.15) is 5.82 Å². The van der Waals surface area contributed by atoms with Gasteiger partial charge in [-0.15, -0.1) is 0 Å². The van der Waals surface area contributed by atoms with Crippen molar-refractivity contribution >= 4 is 24.2 Å². The van der Waals surface area contributed by atoms with Crippen LogP contribution in [-0.4, -0.2) is 45.4 Å². The fourth-order valence-electron chi connectivity index (χ4n) is 3.35. The number of hydrogen-bond donors (Lipinski definition) is 2. The Hall–Kier alpha value is -2.22. The molecule has 0 atom stereocenters. The third-order valence-electron chi connectivity index (χ3n) is 4.91. The molecule has 4 N–H and O–H groups in total. The predicted octanol–water partition coefficient (Wildman–Crippen LogP) is 2.91. The molecule has 0 aliphatic carbocycles. The first-order valence-electron chi connectivity index (χ1n) is 10.5. The zero-order valence-electron chi connectivity index (χ0n) is 16.9. The summed E-state index contributed by atoms with van der Waals surface area (Å²) in [5.74, 6) is 0.126. The Morgan fingerprint density at radius 1 is 0.929 bits per heavy atom. The van der Waals surface area contributed by atoms with Gasteiger partial charge in [-0.1, -0.05) is 58.3 Å². The van der Waals surface area contributed by atoms with E-state index in [0.717, 1.165) is 12.8 Å². The van der Waals surface area contributed by atoms with Crippen LogP contribution < -0.4 is 11.5 Å². The van der Waals surface area contributed by atoms with Crippen molar-refractivity contribution in [1.29, 1.82) is 0 Å². The molecule has 0 unspecified atom stereocenters. The molecule has 28 heavy (non-hydrogen) atoms. The number of aliphatic imine (C=N–C) groups is 2. The molecule has 1 aliphatic heterocycles. The van der Waals surface area contributed by atoms with Crippen LogP contribution in [0, 0.1) is 0 Å². The van der Waals surface area contributed by atoms with Gasteiger partial charge >= 0.3 is 0 Å². The minimum absolute atomic E-state index is 0.0167. The number of anilines is 1. The highest BCUT2D eigenvalue weighted by molar-refractivity contribution is 6.20. The summed E-state index contributed by atoms with van der Waals surface area (Å²) >= 11 is 0. The van der Waals surface area contributed by atoms with Gasteiger partial charge in [-0.25, -0.2) is 4.98 Å². The highest BCUT2D eigenvalue weighted by Crippen LogP contribution is 2.27. The van der Waals surface area contributed by atoms with Gasteiger partial charge in [0.25, 0.3) is 0 Å². The highest BCUT2D eigenvalue weighted by Gasteiger charge is 2.40. The number of aromatic nitrogens is 3. The predicted molar refractivity (Wildman–Crippen MR) is 113 cm³/mol. The minimum atomic E-state index is -1.16. The van der Waals surface area contributed by atoms with E-state index in [-0.39, 0.29) is 17.6 Å². The second-order valence-electron chi connectivity index (χ2n) is 7.25. The molecule has 0 amide bonds. The minimum Gasteiger partial charge on any atom is -0.368 e. The summed E-state index contributed by atoms with van der Waals surface area (Å²) in [5.41, 5.74) is 10.1. The molecule has 0 saturated heterocycles. The maximum atomic E-state index is 13.1. The van der Waals surface area contributed by atoms with E-state index in [2.05, 4.69) is 31.9 Å². The maximum Gasteiger partial charge on any atom is 0.249 e. The zero-order valence-corrected chi connectivity index (χ0v) is 16.9. The lowest BCUT2D eigenvalue weighted by Crippen LogP contribution is -2.35. The third-order valence-corrected chi connectivity index (χ3v) is 4.91. The van der Waals surface area contributed by atoms with Crippen LogP contribution in [0.2, 0.25) is 0 Å². The lowest BCUT2D eigenvalue weighted by Gasteiger charge is -2.21. The Balaban J connectivity index is 1.89. The van der Waals surface area contributed by atoms with E-state index >= 15 is 0 Å². The summed E-state index contributed by atoms with van der Waals surface area (Å²) in [4.78, 5) is 34.1. The largest absolute Gasteiger partial charge is 0.368 e. The van der Waals surface area contributed by atoms with E-state index in [0.29, 0.717) is 25.2 Å². The smallest absolute Gasteiger partial charge is 0.249 e. The molecule has 1 aromatic heterocycles. The van der Waals surface area contributed by atoms with Crippen molar-refractivity contribution < 1.29 is 4.79 Å². The SMILES string of the molecule is CCCCCCCCCCCC1(C(=O)c2nc(N)nc(CCN)n2)N=CC=N1. The first-order chi connectivity index (χ1) is 13.6. The van der Waals surface area contributed by atoms with Gasteiger partial charge in [-0.3, -0.25) is 14.8 Å². The van der Waals surface area contributed by atoms with Crippen molar-refractivity contribution in [3.8, 4) is 0 Å². The Morgan fingerprint density at radius 2 is 1.54 bits per heavy atom. The summed E-state index contributed by atoms with van der Waals surface area (Å²) in [5, 5.41) is 0. The summed E-state index contributed by atoms with van der Waals surface area (Å²) in [6.45, 7) is 2.60. The quantitative estimate of drug-likeness (QED) is 0.372. The Labute approximate surface area is 167 Å². The molecule has 1 aromatic rings. The van der Waals surface area contributed by atoms with E-state index < -0.39 is 5.66 Å². The van der Waals surface area contributed by atoms with Gasteiger partial charge in [-0.2, -0.15) is 9.97 Å². The fourth-order valence-corrected chi connectivity index (χ4v) is 3.35. The van der Waals surface area contributed by atoms with E-state index in [1.54, 1.807) is 12.4 Å². The molecule has 0 bridgehead atoms. The number of ketones is 1. The zero-order chi connectivity index (χ0) is 20.2. The van der Waals surface area contributed by atoms with Crippen molar-refractivity contribution in [2.75, 3.05) is 12.3 Å². The van der Waals surface area contributed by atoms with Crippen molar-refractivity contribution in [3.63, 3.8) is 0 Å². The molecule has 2 heterocycles. The standard InChI is InChI=1S/C20H33N7O/c1-2-3-4-5-6-7-8-9-10-12-20(23-14-15-24-20)17(28)18-25-16(11-13-21)26-19(22)27-18/h14-15H,2-13,21H2,1H3,(H2,22,25,26,27). The number of carbonyl (C=O) groups is 1. The number of hydrogen-bond acceptors (Lipinski definition) is 8. The second-order valence-corrected chi connectivity index (χ2v) is 7.25. The molecule has 154 valence electrons. The Bertz CT molecular complexity index is 675. The third kappa shape index (κ3) is 6.44. The average Bonchev–Trinajstić information content (AvgIpc) is 3.16. The number of nitrogens with zero attached hydrogens (tertiary/aromatic N) is 5. The number of nitrogen functional groups attached to an aromatic ring is 1. The van der Waals surface area contributed by atoms with Gasteiger partial charge in [-0.05, 0) is 13.0 Å². The van der Waals surface area contributed by atoms with Crippen LogP contribution in [0.3, 0.4) is 0 Å². The molecule has 2 rings (SSSR count). The molecule has 0 saturated carbocycles. The van der Waals surface area contributed by atoms with Crippen molar-refractivity contribution in [1.82, 2.24) is 15.0 Å². The summed E-state index contributed by atoms with van der Waals surface area (Å²) in [7, 11) is 0. The molecule has 8 nitrogen and oxygen atoms in total. The number of unbranched alkanes of at least 4 members (excludes halogenated alkanes) is 8. The molecule has 0 aromatic carbocycles. The topological polar surface area (TPSA) is 132 Å². The van der Waals surface area contributed by atoms with Crippen molar-refractivity contribution in [2.45, 2.75) is 83.2 Å². The fraction of sp³-hybridized carbons (Fsp3) is 0.700. The lowest BCUT2D eigenvalue weighted by molar-refractivity contribution is 0.0877. The van der Waals surface area contributed by atoms with Crippen LogP contribution in [0.25, 0.3) is 0 Å². The van der Waals surface area contributed by atoms with Crippen molar-refractivity contribution in [3.05, 3.63) is 11.6 Å². The molecule has 1 aliphatic rings. The maximum absolute atomic E-state index is 13.1. The van der Waals surface area contributed by atoms with Gasteiger partial charge in [0.2, 0.25) is 23.2 Å². The monoisotopic (exact) mass is 387 g/mol. The molecule has 0 radical (unpaired) electrons. The summed E-state index contributed by atoms with van der Waals surface area (Å²) in [6.07, 6.45) is 15.0. The molecule has 0 spiro atoms. The Kier molecular flexibility index (Phi) is 9.13. The first kappa shape index (κ1) is 22.1. The van der Waals surface area contributed by atoms with Crippen LogP contribution in [-0.2, 0) is 6.42 Å². The van der Waals surface area contributed by atoms with E-state index in [4.69, 9.17) is 11.5 Å². The molecule has 8 heteroatoms. The second kappa shape index (κ2) is 11.6. The number of carbonyl (C=O) groups excluding carboxylic acids is 1. The van der Waals surface area contributed by atoms with Crippen molar-refractivity contribution in [2.24, 2.45) is 15.7 Å². The van der Waals surface area contributed by atoms with Crippen LogP contribution >= 0.6 is 0 Å². The first-order valence-corrected chi connectivity index (χ1v) is 10.5. The van der Waals surface area contributed by atoms with Crippen LogP contribution in [0.15, 0.2) is 9.98 Å². The van der Waals surface area contributed by atoms with E-state index in [1.807, 2.05) is 0 Å². The molecular formula is C20H33N7O. The van der Waals surface area contributed by atoms with Gasteiger partial charge in [0.05, 0.1) is 0 Å². The van der Waals surface area contributed by atoms with Gasteiger partial charge in [0, 0.05) is 25.3 Å². The molecule has 0 fully saturated rings. The van der Waals surface area contributed by atoms with E-state index in [1.165, 1.54) is 44.9 Å². The normalized spacial score (nSPS) is 14.6. The van der Waals surface area contributed by atoms with Crippen LogP contribution in [0.1, 0.15) is 87.6 Å².